The van der Waals surface area contributed by atoms with E-state index in [1.807, 2.05) is 6.92 Å². The molecule has 1 amide bonds. The number of anilines is 1. The molecule has 1 aromatic rings. The molecule has 1 aliphatic carbocycles. The van der Waals surface area contributed by atoms with Gasteiger partial charge < -0.3 is 15.2 Å². The molecule has 102 valence electrons. The summed E-state index contributed by atoms with van der Waals surface area (Å²) in [5.41, 5.74) is 0.657. The maximum Gasteiger partial charge on any atom is 0.307 e. The lowest BCUT2D eigenvalue weighted by Crippen LogP contribution is -2.16. The number of carboxylic acid groups (broad SMARTS) is 1. The van der Waals surface area contributed by atoms with Gasteiger partial charge in [-0.2, -0.15) is 0 Å². The number of carbonyl (C=O) groups is 2. The number of amides is 1. The standard InChI is InChI=1S/C14H17NO4/c1-2-7-19-10-5-3-9(4-6-10)15-13(16)11-8-12(11)14(17)18/h3-6,11-12H,2,7-8H2,1H3,(H,15,16)(H,17,18). The van der Waals surface area contributed by atoms with E-state index in [0.717, 1.165) is 12.2 Å². The molecule has 0 aromatic heterocycles. The van der Waals surface area contributed by atoms with Gasteiger partial charge >= 0.3 is 5.97 Å². The van der Waals surface area contributed by atoms with Crippen molar-refractivity contribution in [2.45, 2.75) is 19.8 Å². The molecule has 2 atom stereocenters. The van der Waals surface area contributed by atoms with E-state index < -0.39 is 17.8 Å². The van der Waals surface area contributed by atoms with Crippen LogP contribution in [0.3, 0.4) is 0 Å². The van der Waals surface area contributed by atoms with E-state index in [2.05, 4.69) is 5.32 Å². The second-order valence-corrected chi connectivity index (χ2v) is 4.65. The lowest BCUT2D eigenvalue weighted by atomic mass is 10.2. The smallest absolute Gasteiger partial charge is 0.307 e. The third-order valence-electron chi connectivity index (χ3n) is 3.04. The van der Waals surface area contributed by atoms with Crippen LogP contribution in [-0.4, -0.2) is 23.6 Å². The Kier molecular flexibility index (Phi) is 4.04. The zero-order chi connectivity index (χ0) is 13.8. The average Bonchev–Trinajstić information content (AvgIpc) is 3.18. The normalized spacial score (nSPS) is 20.7. The third-order valence-corrected chi connectivity index (χ3v) is 3.04. The van der Waals surface area contributed by atoms with E-state index in [9.17, 15) is 9.59 Å². The summed E-state index contributed by atoms with van der Waals surface area (Å²) in [6, 6.07) is 7.07. The van der Waals surface area contributed by atoms with E-state index in [0.29, 0.717) is 18.7 Å². The van der Waals surface area contributed by atoms with Crippen molar-refractivity contribution in [3.63, 3.8) is 0 Å². The first-order valence-electron chi connectivity index (χ1n) is 6.38. The summed E-state index contributed by atoms with van der Waals surface area (Å²) in [7, 11) is 0. The summed E-state index contributed by atoms with van der Waals surface area (Å²) < 4.78 is 5.43. The van der Waals surface area contributed by atoms with Crippen molar-refractivity contribution in [1.82, 2.24) is 0 Å². The highest BCUT2D eigenvalue weighted by molar-refractivity contribution is 5.98. The van der Waals surface area contributed by atoms with Crippen LogP contribution in [0.25, 0.3) is 0 Å². The molecular formula is C14H17NO4. The lowest BCUT2D eigenvalue weighted by molar-refractivity contribution is -0.139. The Balaban J connectivity index is 1.86. The molecule has 5 heteroatoms. The number of benzene rings is 1. The van der Waals surface area contributed by atoms with Crippen molar-refractivity contribution >= 4 is 17.6 Å². The van der Waals surface area contributed by atoms with Crippen LogP contribution in [-0.2, 0) is 9.59 Å². The van der Waals surface area contributed by atoms with E-state index in [-0.39, 0.29) is 5.91 Å². The highest BCUT2D eigenvalue weighted by Gasteiger charge is 2.48. The molecule has 0 heterocycles. The number of nitrogens with one attached hydrogen (secondary N) is 1. The van der Waals surface area contributed by atoms with Crippen molar-refractivity contribution in [2.75, 3.05) is 11.9 Å². The maximum absolute atomic E-state index is 11.7. The van der Waals surface area contributed by atoms with E-state index in [1.54, 1.807) is 24.3 Å². The molecule has 2 N–H and O–H groups in total. The van der Waals surface area contributed by atoms with Crippen LogP contribution >= 0.6 is 0 Å². The van der Waals surface area contributed by atoms with Gasteiger partial charge in [0, 0.05) is 5.69 Å². The zero-order valence-electron chi connectivity index (χ0n) is 10.8. The third kappa shape index (κ3) is 3.47. The van der Waals surface area contributed by atoms with Crippen LogP contribution in [0.4, 0.5) is 5.69 Å². The molecule has 1 aliphatic rings. The molecule has 1 aromatic carbocycles. The van der Waals surface area contributed by atoms with Crippen molar-refractivity contribution < 1.29 is 19.4 Å². The highest BCUT2D eigenvalue weighted by atomic mass is 16.5. The molecule has 0 aliphatic heterocycles. The summed E-state index contributed by atoms with van der Waals surface area (Å²) in [4.78, 5) is 22.4. The van der Waals surface area contributed by atoms with Crippen molar-refractivity contribution in [1.29, 1.82) is 0 Å². The Bertz CT molecular complexity index is 469. The number of rotatable bonds is 6. The Hall–Kier alpha value is -2.04. The largest absolute Gasteiger partial charge is 0.494 e. The van der Waals surface area contributed by atoms with Gasteiger partial charge in [0.15, 0.2) is 0 Å². The molecule has 2 unspecified atom stereocenters. The van der Waals surface area contributed by atoms with Gasteiger partial charge in [-0.25, -0.2) is 0 Å². The summed E-state index contributed by atoms with van der Waals surface area (Å²) in [6.45, 7) is 2.69. The Morgan fingerprint density at radius 3 is 2.53 bits per heavy atom. The number of carbonyl (C=O) groups excluding carboxylic acids is 1. The summed E-state index contributed by atoms with van der Waals surface area (Å²) in [5, 5.41) is 11.5. The number of carboxylic acids is 1. The Morgan fingerprint density at radius 2 is 2.00 bits per heavy atom. The molecule has 19 heavy (non-hydrogen) atoms. The highest BCUT2D eigenvalue weighted by Crippen LogP contribution is 2.39. The first-order valence-corrected chi connectivity index (χ1v) is 6.38. The Morgan fingerprint density at radius 1 is 1.32 bits per heavy atom. The topological polar surface area (TPSA) is 75.6 Å². The molecular weight excluding hydrogens is 246 g/mol. The molecule has 0 bridgehead atoms. The molecule has 0 saturated heterocycles. The van der Waals surface area contributed by atoms with E-state index >= 15 is 0 Å². The van der Waals surface area contributed by atoms with Gasteiger partial charge in [-0.3, -0.25) is 9.59 Å². The second-order valence-electron chi connectivity index (χ2n) is 4.65. The number of hydrogen-bond donors (Lipinski definition) is 2. The van der Waals surface area contributed by atoms with Gasteiger partial charge in [0.1, 0.15) is 5.75 Å². The maximum atomic E-state index is 11.7. The van der Waals surface area contributed by atoms with Crippen LogP contribution in [0, 0.1) is 11.8 Å². The number of ether oxygens (including phenoxy) is 1. The fourth-order valence-electron chi connectivity index (χ4n) is 1.85. The fourth-order valence-corrected chi connectivity index (χ4v) is 1.85. The van der Waals surface area contributed by atoms with E-state index in [4.69, 9.17) is 9.84 Å². The lowest BCUT2D eigenvalue weighted by Gasteiger charge is -2.07. The van der Waals surface area contributed by atoms with Gasteiger partial charge in [0.05, 0.1) is 18.4 Å². The molecule has 0 radical (unpaired) electrons. The van der Waals surface area contributed by atoms with Crippen LogP contribution < -0.4 is 10.1 Å². The predicted molar refractivity (Wildman–Crippen MR) is 70.1 cm³/mol. The van der Waals surface area contributed by atoms with Crippen LogP contribution in [0.15, 0.2) is 24.3 Å². The van der Waals surface area contributed by atoms with Crippen LogP contribution in [0.1, 0.15) is 19.8 Å². The van der Waals surface area contributed by atoms with Gasteiger partial charge in [0.25, 0.3) is 0 Å². The predicted octanol–water partition coefficient (Wildman–Crippen LogP) is 2.13. The molecule has 5 nitrogen and oxygen atoms in total. The number of hydrogen-bond acceptors (Lipinski definition) is 3. The van der Waals surface area contributed by atoms with Gasteiger partial charge in [-0.15, -0.1) is 0 Å². The zero-order valence-corrected chi connectivity index (χ0v) is 10.8. The number of aliphatic carboxylic acids is 1. The van der Waals surface area contributed by atoms with Crippen molar-refractivity contribution in [3.05, 3.63) is 24.3 Å². The summed E-state index contributed by atoms with van der Waals surface area (Å²) in [6.07, 6.45) is 1.37. The van der Waals surface area contributed by atoms with Crippen molar-refractivity contribution in [3.8, 4) is 5.75 Å². The summed E-state index contributed by atoms with van der Waals surface area (Å²) >= 11 is 0. The minimum absolute atomic E-state index is 0.227. The fraction of sp³-hybridized carbons (Fsp3) is 0.429. The van der Waals surface area contributed by atoms with Crippen LogP contribution in [0.2, 0.25) is 0 Å². The second kappa shape index (κ2) is 5.73. The van der Waals surface area contributed by atoms with Crippen molar-refractivity contribution in [2.24, 2.45) is 11.8 Å². The molecule has 2 rings (SSSR count). The van der Waals surface area contributed by atoms with E-state index in [1.165, 1.54) is 0 Å². The van der Waals surface area contributed by atoms with Gasteiger partial charge in [0.2, 0.25) is 5.91 Å². The molecule has 1 saturated carbocycles. The molecule has 0 spiro atoms. The first-order chi connectivity index (χ1) is 9.11. The Labute approximate surface area is 111 Å². The summed E-state index contributed by atoms with van der Waals surface area (Å²) in [5.74, 6) is -1.28. The van der Waals surface area contributed by atoms with Gasteiger partial charge in [-0.05, 0) is 37.1 Å². The van der Waals surface area contributed by atoms with Gasteiger partial charge in [-0.1, -0.05) is 6.92 Å². The minimum Gasteiger partial charge on any atom is -0.494 e. The van der Waals surface area contributed by atoms with Crippen LogP contribution in [0.5, 0.6) is 5.75 Å². The minimum atomic E-state index is -0.900. The quantitative estimate of drug-likeness (QED) is 0.824. The average molecular weight is 263 g/mol. The first kappa shape index (κ1) is 13.4. The SMILES string of the molecule is CCCOc1ccc(NC(=O)C2CC2C(=O)O)cc1. The molecule has 1 fully saturated rings. The monoisotopic (exact) mass is 263 g/mol.